The Morgan fingerprint density at radius 1 is 1.42 bits per heavy atom. The Bertz CT molecular complexity index is 455. The van der Waals surface area contributed by atoms with Crippen molar-refractivity contribution in [3.8, 4) is 0 Å². The van der Waals surface area contributed by atoms with Crippen LogP contribution < -0.4 is 5.73 Å². The molecule has 2 amide bonds. The number of aromatic nitrogens is 2. The Hall–Kier alpha value is -1.76. The lowest BCUT2D eigenvalue weighted by Crippen LogP contribution is -2.47. The molecule has 1 aromatic heterocycles. The van der Waals surface area contributed by atoms with E-state index >= 15 is 0 Å². The van der Waals surface area contributed by atoms with E-state index in [1.54, 1.807) is 0 Å². The zero-order chi connectivity index (χ0) is 13.2. The van der Waals surface area contributed by atoms with E-state index in [1.165, 1.54) is 0 Å². The molecule has 2 aliphatic rings. The van der Waals surface area contributed by atoms with E-state index in [4.69, 9.17) is 10.5 Å². The summed E-state index contributed by atoms with van der Waals surface area (Å²) in [6.07, 6.45) is 1.95. The number of hydrogen-bond acceptors (Lipinski definition) is 4. The second-order valence-electron chi connectivity index (χ2n) is 4.98. The van der Waals surface area contributed by atoms with Gasteiger partial charge in [0.15, 0.2) is 0 Å². The Balaban J connectivity index is 1.73. The monoisotopic (exact) mass is 265 g/mol. The summed E-state index contributed by atoms with van der Waals surface area (Å²) in [5.41, 5.74) is 6.52. The van der Waals surface area contributed by atoms with Crippen LogP contribution in [0.1, 0.15) is 24.6 Å². The van der Waals surface area contributed by atoms with Crippen LogP contribution in [0.5, 0.6) is 0 Å². The number of carbonyl (C=O) groups is 1. The van der Waals surface area contributed by atoms with Crippen LogP contribution >= 0.6 is 0 Å². The van der Waals surface area contributed by atoms with Crippen LogP contribution in [-0.4, -0.2) is 58.9 Å². The minimum atomic E-state index is 0.0453. The maximum absolute atomic E-state index is 12.5. The van der Waals surface area contributed by atoms with E-state index in [-0.39, 0.29) is 12.1 Å². The molecule has 0 bridgehead atoms. The van der Waals surface area contributed by atoms with Crippen molar-refractivity contribution >= 4 is 11.8 Å². The van der Waals surface area contributed by atoms with Crippen molar-refractivity contribution < 1.29 is 9.53 Å². The van der Waals surface area contributed by atoms with Crippen LogP contribution in [0.25, 0.3) is 0 Å². The number of morpholine rings is 1. The van der Waals surface area contributed by atoms with Crippen LogP contribution in [-0.2, 0) is 4.74 Å². The summed E-state index contributed by atoms with van der Waals surface area (Å²) in [5, 5.41) is 6.93. The lowest BCUT2D eigenvalue weighted by molar-refractivity contribution is 0.0420. The van der Waals surface area contributed by atoms with E-state index in [9.17, 15) is 4.79 Å². The molecule has 0 spiro atoms. The highest BCUT2D eigenvalue weighted by molar-refractivity contribution is 5.75. The van der Waals surface area contributed by atoms with Gasteiger partial charge in [0, 0.05) is 25.7 Å². The number of nitrogens with zero attached hydrogens (tertiary/aromatic N) is 3. The zero-order valence-corrected chi connectivity index (χ0v) is 10.8. The van der Waals surface area contributed by atoms with Gasteiger partial charge in [0.05, 0.1) is 24.9 Å². The van der Waals surface area contributed by atoms with E-state index in [1.807, 2.05) is 15.9 Å². The molecule has 104 valence electrons. The summed E-state index contributed by atoms with van der Waals surface area (Å²) >= 11 is 0. The van der Waals surface area contributed by atoms with Gasteiger partial charge < -0.3 is 20.3 Å². The number of hydrogen-bond donors (Lipinski definition) is 2. The Morgan fingerprint density at radius 2 is 2.21 bits per heavy atom. The third kappa shape index (κ3) is 2.37. The highest BCUT2D eigenvalue weighted by atomic mass is 16.5. The molecule has 0 saturated carbocycles. The van der Waals surface area contributed by atoms with Crippen molar-refractivity contribution in [2.45, 2.75) is 18.9 Å². The summed E-state index contributed by atoms with van der Waals surface area (Å²) in [7, 11) is 0. The topological polar surface area (TPSA) is 87.5 Å². The smallest absolute Gasteiger partial charge is 0.320 e. The number of nitrogen functional groups attached to an aromatic ring is 1. The van der Waals surface area contributed by atoms with E-state index in [0.717, 1.165) is 25.1 Å². The Kier molecular flexibility index (Phi) is 3.29. The number of ether oxygens (including phenoxy) is 1. The van der Waals surface area contributed by atoms with Gasteiger partial charge in [-0.15, -0.1) is 0 Å². The van der Waals surface area contributed by atoms with Gasteiger partial charge in [-0.05, 0) is 12.8 Å². The average Bonchev–Trinajstić information content (AvgIpc) is 3.07. The molecule has 2 saturated heterocycles. The molecule has 3 heterocycles. The molecule has 3 rings (SSSR count). The SMILES string of the molecule is Nc1cc(C2CCCN2C(=O)N2CCOCC2)n[nH]1. The molecule has 2 aliphatic heterocycles. The lowest BCUT2D eigenvalue weighted by atomic mass is 10.1. The number of carbonyl (C=O) groups excluding carboxylic acids is 1. The second-order valence-corrected chi connectivity index (χ2v) is 4.98. The van der Waals surface area contributed by atoms with Crippen molar-refractivity contribution in [3.05, 3.63) is 11.8 Å². The molecule has 0 aliphatic carbocycles. The number of nitrogens with two attached hydrogens (primary N) is 1. The second kappa shape index (κ2) is 5.08. The minimum absolute atomic E-state index is 0.0453. The maximum atomic E-state index is 12.5. The molecule has 2 fully saturated rings. The van der Waals surface area contributed by atoms with Gasteiger partial charge in [-0.3, -0.25) is 5.10 Å². The fraction of sp³-hybridized carbons (Fsp3) is 0.667. The van der Waals surface area contributed by atoms with Crippen LogP contribution in [0.3, 0.4) is 0 Å². The normalized spacial score (nSPS) is 23.9. The van der Waals surface area contributed by atoms with Crippen LogP contribution in [0.4, 0.5) is 10.6 Å². The number of H-pyrrole nitrogens is 1. The van der Waals surface area contributed by atoms with Gasteiger partial charge in [-0.1, -0.05) is 0 Å². The molecule has 3 N–H and O–H groups in total. The summed E-state index contributed by atoms with van der Waals surface area (Å²) in [6, 6.07) is 1.95. The molecule has 1 atom stereocenters. The van der Waals surface area contributed by atoms with Crippen LogP contribution in [0, 0.1) is 0 Å². The number of anilines is 1. The predicted octanol–water partition coefficient (Wildman–Crippen LogP) is 0.581. The molecule has 0 aromatic carbocycles. The van der Waals surface area contributed by atoms with E-state index < -0.39 is 0 Å². The highest BCUT2D eigenvalue weighted by Gasteiger charge is 2.34. The Morgan fingerprint density at radius 3 is 2.89 bits per heavy atom. The third-order valence-electron chi connectivity index (χ3n) is 3.74. The number of urea groups is 1. The predicted molar refractivity (Wildman–Crippen MR) is 69.5 cm³/mol. The Labute approximate surface area is 111 Å². The first kappa shape index (κ1) is 12.3. The van der Waals surface area contributed by atoms with Crippen molar-refractivity contribution in [2.75, 3.05) is 38.6 Å². The van der Waals surface area contributed by atoms with Crippen molar-refractivity contribution in [1.29, 1.82) is 0 Å². The third-order valence-corrected chi connectivity index (χ3v) is 3.74. The first-order valence-corrected chi connectivity index (χ1v) is 6.70. The molecule has 19 heavy (non-hydrogen) atoms. The van der Waals surface area contributed by atoms with Gasteiger partial charge in [0.1, 0.15) is 5.82 Å². The molecule has 1 unspecified atom stereocenters. The van der Waals surface area contributed by atoms with Crippen molar-refractivity contribution in [2.24, 2.45) is 0 Å². The highest BCUT2D eigenvalue weighted by Crippen LogP contribution is 2.32. The van der Waals surface area contributed by atoms with E-state index in [2.05, 4.69) is 10.2 Å². The zero-order valence-electron chi connectivity index (χ0n) is 10.8. The largest absolute Gasteiger partial charge is 0.384 e. The molecular weight excluding hydrogens is 246 g/mol. The fourth-order valence-electron chi connectivity index (χ4n) is 2.76. The molecule has 0 radical (unpaired) electrons. The van der Waals surface area contributed by atoms with Gasteiger partial charge >= 0.3 is 6.03 Å². The summed E-state index contributed by atoms with van der Waals surface area (Å²) < 4.78 is 5.28. The van der Waals surface area contributed by atoms with Crippen molar-refractivity contribution in [3.63, 3.8) is 0 Å². The van der Waals surface area contributed by atoms with Gasteiger partial charge in [0.25, 0.3) is 0 Å². The summed E-state index contributed by atoms with van der Waals surface area (Å²) in [5.74, 6) is 0.542. The first-order chi connectivity index (χ1) is 9.25. The molecule has 7 heteroatoms. The fourth-order valence-corrected chi connectivity index (χ4v) is 2.76. The minimum Gasteiger partial charge on any atom is -0.384 e. The summed E-state index contributed by atoms with van der Waals surface area (Å²) in [4.78, 5) is 16.3. The van der Waals surface area contributed by atoms with Crippen LogP contribution in [0.2, 0.25) is 0 Å². The number of likely N-dealkylation sites (tertiary alicyclic amines) is 1. The molecule has 1 aromatic rings. The van der Waals surface area contributed by atoms with Crippen molar-refractivity contribution in [1.82, 2.24) is 20.0 Å². The average molecular weight is 265 g/mol. The maximum Gasteiger partial charge on any atom is 0.320 e. The number of aromatic amines is 1. The number of amides is 2. The number of nitrogens with one attached hydrogen (secondary N) is 1. The van der Waals surface area contributed by atoms with Gasteiger partial charge in [0.2, 0.25) is 0 Å². The summed E-state index contributed by atoms with van der Waals surface area (Å²) in [6.45, 7) is 3.38. The molecule has 7 nitrogen and oxygen atoms in total. The standard InChI is InChI=1S/C12H19N5O2/c13-11-8-9(14-15-11)10-2-1-3-17(10)12(18)16-4-6-19-7-5-16/h8,10H,1-7H2,(H3,13,14,15). The number of rotatable bonds is 1. The molecular formula is C12H19N5O2. The van der Waals surface area contributed by atoms with E-state index in [0.29, 0.717) is 32.1 Å². The van der Waals surface area contributed by atoms with Gasteiger partial charge in [-0.2, -0.15) is 5.10 Å². The van der Waals surface area contributed by atoms with Gasteiger partial charge in [-0.25, -0.2) is 4.79 Å². The quantitative estimate of drug-likeness (QED) is 0.777. The lowest BCUT2D eigenvalue weighted by Gasteiger charge is -2.33. The van der Waals surface area contributed by atoms with Crippen LogP contribution in [0.15, 0.2) is 6.07 Å². The first-order valence-electron chi connectivity index (χ1n) is 6.70.